The van der Waals surface area contributed by atoms with Gasteiger partial charge in [0.05, 0.1) is 12.8 Å². The molecule has 0 aliphatic rings. The average molecular weight is 255 g/mol. The monoisotopic (exact) mass is 255 g/mol. The highest BCUT2D eigenvalue weighted by Crippen LogP contribution is 2.17. The number of aromatic nitrogens is 1. The number of nitrogens with zero attached hydrogens (tertiary/aromatic N) is 1. The van der Waals surface area contributed by atoms with Gasteiger partial charge in [-0.2, -0.15) is 11.8 Å². The van der Waals surface area contributed by atoms with Crippen LogP contribution in [0.1, 0.15) is 17.4 Å². The van der Waals surface area contributed by atoms with Crippen LogP contribution in [0.3, 0.4) is 0 Å². The molecular weight excluding hydrogens is 238 g/mol. The molecule has 1 unspecified atom stereocenters. The molecule has 5 nitrogen and oxygen atoms in total. The lowest BCUT2D eigenvalue weighted by Crippen LogP contribution is -2.16. The molecule has 0 aromatic carbocycles. The highest BCUT2D eigenvalue weighted by molar-refractivity contribution is 7.99. The van der Waals surface area contributed by atoms with E-state index in [9.17, 15) is 4.79 Å². The molecule has 1 heterocycles. The standard InChI is InChI=1S/C11H17N3O2S/c1-7(17-3)6-13-10-8(12)4-5-9(14-10)11(15)16-2/h4-5,7H,6,12H2,1-3H3,(H,13,14). The van der Waals surface area contributed by atoms with Gasteiger partial charge in [0.2, 0.25) is 0 Å². The number of thioether (sulfide) groups is 1. The second-order valence-electron chi connectivity index (χ2n) is 3.55. The summed E-state index contributed by atoms with van der Waals surface area (Å²) in [6.07, 6.45) is 2.04. The Balaban J connectivity index is 2.80. The van der Waals surface area contributed by atoms with Gasteiger partial charge in [0.25, 0.3) is 0 Å². The molecule has 0 fully saturated rings. The maximum absolute atomic E-state index is 11.3. The largest absolute Gasteiger partial charge is 0.464 e. The lowest BCUT2D eigenvalue weighted by molar-refractivity contribution is 0.0594. The molecule has 0 spiro atoms. The van der Waals surface area contributed by atoms with Gasteiger partial charge in [0, 0.05) is 11.8 Å². The zero-order valence-electron chi connectivity index (χ0n) is 10.2. The van der Waals surface area contributed by atoms with Crippen LogP contribution in [0, 0.1) is 0 Å². The molecule has 1 atom stereocenters. The van der Waals surface area contributed by atoms with Crippen molar-refractivity contribution < 1.29 is 9.53 Å². The number of nitrogens with one attached hydrogen (secondary N) is 1. The summed E-state index contributed by atoms with van der Waals surface area (Å²) in [5, 5.41) is 3.56. The first-order chi connectivity index (χ1) is 8.08. The molecule has 0 amide bonds. The van der Waals surface area contributed by atoms with Gasteiger partial charge in [-0.15, -0.1) is 0 Å². The molecule has 94 valence electrons. The van der Waals surface area contributed by atoms with Crippen molar-refractivity contribution in [3.8, 4) is 0 Å². The Morgan fingerprint density at radius 1 is 1.65 bits per heavy atom. The Labute approximate surface area is 105 Å². The molecule has 0 saturated carbocycles. The predicted octanol–water partition coefficient (Wildman–Crippen LogP) is 1.61. The molecule has 0 bridgehead atoms. The van der Waals surface area contributed by atoms with Gasteiger partial charge in [-0.1, -0.05) is 6.92 Å². The van der Waals surface area contributed by atoms with Crippen LogP contribution in [-0.4, -0.2) is 36.1 Å². The molecule has 1 aromatic heterocycles. The first kappa shape index (κ1) is 13.6. The summed E-state index contributed by atoms with van der Waals surface area (Å²) < 4.78 is 4.60. The quantitative estimate of drug-likeness (QED) is 0.778. The van der Waals surface area contributed by atoms with E-state index in [1.807, 2.05) is 6.26 Å². The van der Waals surface area contributed by atoms with Crippen LogP contribution >= 0.6 is 11.8 Å². The van der Waals surface area contributed by atoms with Crippen LogP contribution in [0.2, 0.25) is 0 Å². The number of hydrogen-bond donors (Lipinski definition) is 2. The van der Waals surface area contributed by atoms with Gasteiger partial charge >= 0.3 is 5.97 Å². The van der Waals surface area contributed by atoms with E-state index < -0.39 is 5.97 Å². The fourth-order valence-electron chi connectivity index (χ4n) is 1.15. The summed E-state index contributed by atoms with van der Waals surface area (Å²) in [4.78, 5) is 15.4. The van der Waals surface area contributed by atoms with Gasteiger partial charge < -0.3 is 15.8 Å². The zero-order valence-corrected chi connectivity index (χ0v) is 11.0. The average Bonchev–Trinajstić information content (AvgIpc) is 2.36. The minimum absolute atomic E-state index is 0.251. The lowest BCUT2D eigenvalue weighted by Gasteiger charge is -2.12. The molecule has 6 heteroatoms. The van der Waals surface area contributed by atoms with E-state index >= 15 is 0 Å². The van der Waals surface area contributed by atoms with Crippen LogP contribution in [0.15, 0.2) is 12.1 Å². The van der Waals surface area contributed by atoms with Gasteiger partial charge in [0.1, 0.15) is 5.82 Å². The normalized spacial score (nSPS) is 11.9. The number of ether oxygens (including phenoxy) is 1. The topological polar surface area (TPSA) is 77.2 Å². The molecule has 17 heavy (non-hydrogen) atoms. The van der Waals surface area contributed by atoms with E-state index in [-0.39, 0.29) is 5.69 Å². The van der Waals surface area contributed by atoms with Crippen molar-refractivity contribution in [1.29, 1.82) is 0 Å². The third-order valence-corrected chi connectivity index (χ3v) is 3.25. The maximum atomic E-state index is 11.3. The number of nitrogen functional groups attached to an aromatic ring is 1. The third-order valence-electron chi connectivity index (χ3n) is 2.28. The number of anilines is 2. The van der Waals surface area contributed by atoms with Gasteiger partial charge in [-0.25, -0.2) is 9.78 Å². The van der Waals surface area contributed by atoms with E-state index in [2.05, 4.69) is 22.0 Å². The van der Waals surface area contributed by atoms with Gasteiger partial charge in [0.15, 0.2) is 5.69 Å². The van der Waals surface area contributed by atoms with Crippen molar-refractivity contribution in [2.75, 3.05) is 31.0 Å². The van der Waals surface area contributed by atoms with Gasteiger partial charge in [-0.05, 0) is 18.4 Å². The molecule has 0 aliphatic carbocycles. The van der Waals surface area contributed by atoms with E-state index in [0.717, 1.165) is 6.54 Å². The molecule has 0 saturated heterocycles. The van der Waals surface area contributed by atoms with Crippen molar-refractivity contribution in [2.45, 2.75) is 12.2 Å². The number of carbonyl (C=O) groups excluding carboxylic acids is 1. The number of esters is 1. The molecule has 0 radical (unpaired) electrons. The Kier molecular flexibility index (Phi) is 5.09. The maximum Gasteiger partial charge on any atom is 0.356 e. The second kappa shape index (κ2) is 6.34. The van der Waals surface area contributed by atoms with E-state index in [1.165, 1.54) is 7.11 Å². The number of rotatable bonds is 5. The summed E-state index contributed by atoms with van der Waals surface area (Å²) in [6, 6.07) is 3.19. The number of methoxy groups -OCH3 is 1. The van der Waals surface area contributed by atoms with E-state index in [4.69, 9.17) is 5.73 Å². The first-order valence-electron chi connectivity index (χ1n) is 5.20. The van der Waals surface area contributed by atoms with Crippen LogP contribution in [0.4, 0.5) is 11.5 Å². The third kappa shape index (κ3) is 3.81. The number of pyridine rings is 1. The number of hydrogen-bond acceptors (Lipinski definition) is 6. The van der Waals surface area contributed by atoms with Crippen LogP contribution < -0.4 is 11.1 Å². The van der Waals surface area contributed by atoms with Crippen molar-refractivity contribution in [1.82, 2.24) is 4.98 Å². The van der Waals surface area contributed by atoms with Crippen LogP contribution in [-0.2, 0) is 4.74 Å². The predicted molar refractivity (Wildman–Crippen MR) is 71.5 cm³/mol. The zero-order chi connectivity index (χ0) is 12.8. The SMILES string of the molecule is COC(=O)c1ccc(N)c(NCC(C)SC)n1. The number of carbonyl (C=O) groups is 1. The highest BCUT2D eigenvalue weighted by Gasteiger charge is 2.10. The number of nitrogens with two attached hydrogens (primary N) is 1. The fourth-order valence-corrected chi connectivity index (χ4v) is 1.40. The summed E-state index contributed by atoms with van der Waals surface area (Å²) in [5.41, 5.74) is 6.55. The van der Waals surface area contributed by atoms with Gasteiger partial charge in [-0.3, -0.25) is 0 Å². The van der Waals surface area contributed by atoms with Crippen molar-refractivity contribution in [3.05, 3.63) is 17.8 Å². The summed E-state index contributed by atoms with van der Waals surface area (Å²) in [7, 11) is 1.32. The first-order valence-corrected chi connectivity index (χ1v) is 6.48. The lowest BCUT2D eigenvalue weighted by atomic mass is 10.3. The minimum Gasteiger partial charge on any atom is -0.464 e. The second-order valence-corrected chi connectivity index (χ2v) is 4.83. The Morgan fingerprint density at radius 2 is 2.35 bits per heavy atom. The van der Waals surface area contributed by atoms with Crippen LogP contribution in [0.5, 0.6) is 0 Å². The Hall–Kier alpha value is -1.43. The Bertz CT molecular complexity index is 398. The minimum atomic E-state index is -0.467. The van der Waals surface area contributed by atoms with Crippen molar-refractivity contribution in [3.63, 3.8) is 0 Å². The molecule has 1 rings (SSSR count). The Morgan fingerprint density at radius 3 is 2.94 bits per heavy atom. The smallest absolute Gasteiger partial charge is 0.356 e. The summed E-state index contributed by atoms with van der Waals surface area (Å²) >= 11 is 1.74. The molecular formula is C11H17N3O2S. The molecule has 0 aliphatic heterocycles. The van der Waals surface area contributed by atoms with E-state index in [0.29, 0.717) is 16.8 Å². The summed E-state index contributed by atoms with van der Waals surface area (Å²) in [6.45, 7) is 2.83. The molecule has 1 aromatic rings. The van der Waals surface area contributed by atoms with E-state index in [1.54, 1.807) is 23.9 Å². The van der Waals surface area contributed by atoms with Crippen molar-refractivity contribution in [2.24, 2.45) is 0 Å². The fraction of sp³-hybridized carbons (Fsp3) is 0.455. The highest BCUT2D eigenvalue weighted by atomic mass is 32.2. The summed E-state index contributed by atoms with van der Waals surface area (Å²) in [5.74, 6) is 0.0553. The van der Waals surface area contributed by atoms with Crippen molar-refractivity contribution >= 4 is 29.2 Å². The molecule has 3 N–H and O–H groups in total. The van der Waals surface area contributed by atoms with Crippen LogP contribution in [0.25, 0.3) is 0 Å².